The van der Waals surface area contributed by atoms with Crippen LogP contribution in [-0.4, -0.2) is 92.1 Å². The molecule has 1 N–H and O–H groups in total. The minimum atomic E-state index is -0.295. The largest absolute Gasteiger partial charge is 0.454 e. The van der Waals surface area contributed by atoms with Crippen molar-refractivity contribution < 1.29 is 23.9 Å². The zero-order valence-corrected chi connectivity index (χ0v) is 18.8. The third-order valence-electron chi connectivity index (χ3n) is 6.58. The number of fused-ring (bicyclic) bond motifs is 1. The Bertz CT molecular complexity index is 868. The first-order valence-corrected chi connectivity index (χ1v) is 11.3. The van der Waals surface area contributed by atoms with E-state index in [-0.39, 0.29) is 42.9 Å². The van der Waals surface area contributed by atoms with E-state index in [1.807, 2.05) is 4.90 Å². The lowest BCUT2D eigenvalue weighted by Crippen LogP contribution is -2.49. The summed E-state index contributed by atoms with van der Waals surface area (Å²) in [6, 6.07) is 4.92. The molecule has 9 heteroatoms. The van der Waals surface area contributed by atoms with E-state index in [4.69, 9.17) is 9.47 Å². The third-order valence-corrected chi connectivity index (χ3v) is 6.58. The lowest BCUT2D eigenvalue weighted by Gasteiger charge is -2.34. The third kappa shape index (κ3) is 5.15. The maximum atomic E-state index is 13.1. The quantitative estimate of drug-likeness (QED) is 0.746. The summed E-state index contributed by atoms with van der Waals surface area (Å²) in [5.74, 6) is 0.717. The number of carbonyl (C=O) groups is 3. The summed E-state index contributed by atoms with van der Waals surface area (Å²) in [5, 5.41) is 3.06. The summed E-state index contributed by atoms with van der Waals surface area (Å²) in [7, 11) is 3.79. The first-order valence-electron chi connectivity index (χ1n) is 11.3. The number of likely N-dealkylation sites (N-methyl/N-ethyl adjacent to an activating group) is 2. The maximum absolute atomic E-state index is 13.1. The SMILES string of the molecule is CN1CCN(C(=O)C2CCCC(NC(=O)c3ccc4c(c3)OCO4)CN(C)C(=O)C2)CC1. The van der Waals surface area contributed by atoms with Crippen LogP contribution in [0.25, 0.3) is 0 Å². The van der Waals surface area contributed by atoms with Gasteiger partial charge in [-0.2, -0.15) is 0 Å². The van der Waals surface area contributed by atoms with Crippen LogP contribution >= 0.6 is 0 Å². The Morgan fingerprint density at radius 1 is 1.03 bits per heavy atom. The van der Waals surface area contributed by atoms with Crippen molar-refractivity contribution in [3.8, 4) is 11.5 Å². The molecule has 1 aromatic rings. The van der Waals surface area contributed by atoms with Gasteiger partial charge in [0.1, 0.15) is 0 Å². The molecule has 2 unspecified atom stereocenters. The number of benzene rings is 1. The smallest absolute Gasteiger partial charge is 0.251 e. The van der Waals surface area contributed by atoms with Gasteiger partial charge in [-0.15, -0.1) is 0 Å². The molecule has 3 aliphatic heterocycles. The predicted octanol–water partition coefficient (Wildman–Crippen LogP) is 0.936. The normalized spacial score (nSPS) is 24.5. The molecule has 1 aromatic carbocycles. The fraction of sp³-hybridized carbons (Fsp3) is 0.609. The summed E-state index contributed by atoms with van der Waals surface area (Å²) in [5.41, 5.74) is 0.492. The van der Waals surface area contributed by atoms with E-state index in [0.29, 0.717) is 49.5 Å². The minimum absolute atomic E-state index is 0.0540. The van der Waals surface area contributed by atoms with Crippen molar-refractivity contribution in [2.75, 3.05) is 53.6 Å². The van der Waals surface area contributed by atoms with Crippen LogP contribution in [-0.2, 0) is 9.59 Å². The Morgan fingerprint density at radius 3 is 2.56 bits per heavy atom. The molecule has 3 amide bonds. The number of hydrogen-bond acceptors (Lipinski definition) is 6. The van der Waals surface area contributed by atoms with Crippen molar-refractivity contribution in [1.29, 1.82) is 0 Å². The zero-order valence-electron chi connectivity index (χ0n) is 18.8. The van der Waals surface area contributed by atoms with Crippen molar-refractivity contribution in [2.24, 2.45) is 5.92 Å². The lowest BCUT2D eigenvalue weighted by molar-refractivity contribution is -0.142. The van der Waals surface area contributed by atoms with Crippen LogP contribution in [0.5, 0.6) is 11.5 Å². The van der Waals surface area contributed by atoms with Crippen molar-refractivity contribution in [3.05, 3.63) is 23.8 Å². The van der Waals surface area contributed by atoms with E-state index in [1.54, 1.807) is 30.1 Å². The number of nitrogens with zero attached hydrogens (tertiary/aromatic N) is 3. The molecular formula is C23H32N4O5. The molecule has 3 aliphatic rings. The predicted molar refractivity (Wildman–Crippen MR) is 117 cm³/mol. The molecule has 0 bridgehead atoms. The fourth-order valence-electron chi connectivity index (χ4n) is 4.52. The topological polar surface area (TPSA) is 91.4 Å². The van der Waals surface area contributed by atoms with E-state index >= 15 is 0 Å². The van der Waals surface area contributed by atoms with Gasteiger partial charge in [-0.1, -0.05) is 6.42 Å². The van der Waals surface area contributed by atoms with Gasteiger partial charge in [-0.05, 0) is 38.1 Å². The number of carbonyl (C=O) groups excluding carboxylic acids is 3. The average Bonchev–Trinajstić information content (AvgIpc) is 3.27. The van der Waals surface area contributed by atoms with Gasteiger partial charge in [-0.3, -0.25) is 14.4 Å². The van der Waals surface area contributed by atoms with Gasteiger partial charge in [0.05, 0.1) is 0 Å². The van der Waals surface area contributed by atoms with Crippen LogP contribution in [0.2, 0.25) is 0 Å². The van der Waals surface area contributed by atoms with Gasteiger partial charge in [0.15, 0.2) is 11.5 Å². The summed E-state index contributed by atoms with van der Waals surface area (Å²) < 4.78 is 10.7. The van der Waals surface area contributed by atoms with Gasteiger partial charge < -0.3 is 29.5 Å². The molecule has 3 heterocycles. The first-order chi connectivity index (χ1) is 15.4. The Morgan fingerprint density at radius 2 is 1.78 bits per heavy atom. The summed E-state index contributed by atoms with van der Waals surface area (Å²) in [6.07, 6.45) is 2.36. The molecule has 2 fully saturated rings. The van der Waals surface area contributed by atoms with Crippen LogP contribution in [0.4, 0.5) is 0 Å². The standard InChI is InChI=1S/C23H32N4O5/c1-25-8-10-27(11-9-25)23(30)17-4-3-5-18(14-26(2)21(28)13-17)24-22(29)16-6-7-19-20(12-16)32-15-31-19/h6-7,12,17-18H,3-5,8-11,13-15H2,1-2H3,(H,24,29). The minimum Gasteiger partial charge on any atom is -0.454 e. The number of hydrogen-bond donors (Lipinski definition) is 1. The molecule has 0 radical (unpaired) electrons. The average molecular weight is 445 g/mol. The number of rotatable bonds is 3. The van der Waals surface area contributed by atoms with E-state index in [2.05, 4.69) is 17.3 Å². The number of amides is 3. The van der Waals surface area contributed by atoms with Crippen molar-refractivity contribution in [2.45, 2.75) is 31.7 Å². The molecule has 0 aliphatic carbocycles. The number of ether oxygens (including phenoxy) is 2. The molecule has 32 heavy (non-hydrogen) atoms. The van der Waals surface area contributed by atoms with Crippen LogP contribution < -0.4 is 14.8 Å². The van der Waals surface area contributed by atoms with Crippen LogP contribution in [0.1, 0.15) is 36.0 Å². The molecule has 174 valence electrons. The summed E-state index contributed by atoms with van der Waals surface area (Å²) in [4.78, 5) is 44.4. The molecular weight excluding hydrogens is 412 g/mol. The molecule has 2 saturated heterocycles. The second kappa shape index (κ2) is 9.77. The van der Waals surface area contributed by atoms with Crippen LogP contribution in [0.3, 0.4) is 0 Å². The molecule has 4 rings (SSSR count). The van der Waals surface area contributed by atoms with Gasteiger partial charge in [0.2, 0.25) is 18.6 Å². The van der Waals surface area contributed by atoms with E-state index in [9.17, 15) is 14.4 Å². The van der Waals surface area contributed by atoms with Crippen LogP contribution in [0.15, 0.2) is 18.2 Å². The summed E-state index contributed by atoms with van der Waals surface area (Å²) in [6.45, 7) is 3.73. The second-order valence-electron chi connectivity index (χ2n) is 8.97. The maximum Gasteiger partial charge on any atom is 0.251 e. The van der Waals surface area contributed by atoms with Gasteiger partial charge in [-0.25, -0.2) is 0 Å². The van der Waals surface area contributed by atoms with E-state index in [1.165, 1.54) is 0 Å². The second-order valence-corrected chi connectivity index (χ2v) is 8.97. The van der Waals surface area contributed by atoms with Crippen LogP contribution in [0, 0.1) is 5.92 Å². The van der Waals surface area contributed by atoms with Crippen molar-refractivity contribution >= 4 is 17.7 Å². The van der Waals surface area contributed by atoms with Gasteiger partial charge in [0.25, 0.3) is 5.91 Å². The lowest BCUT2D eigenvalue weighted by atomic mass is 9.95. The molecule has 0 aromatic heterocycles. The highest BCUT2D eigenvalue weighted by molar-refractivity contribution is 5.95. The summed E-state index contributed by atoms with van der Waals surface area (Å²) >= 11 is 0. The van der Waals surface area contributed by atoms with E-state index in [0.717, 1.165) is 19.5 Å². The highest BCUT2D eigenvalue weighted by atomic mass is 16.7. The Labute approximate surface area is 188 Å². The zero-order chi connectivity index (χ0) is 22.7. The molecule has 9 nitrogen and oxygen atoms in total. The Balaban J connectivity index is 1.37. The monoisotopic (exact) mass is 444 g/mol. The fourth-order valence-corrected chi connectivity index (χ4v) is 4.52. The van der Waals surface area contributed by atoms with Gasteiger partial charge in [0, 0.05) is 63.7 Å². The number of nitrogens with one attached hydrogen (secondary N) is 1. The highest BCUT2D eigenvalue weighted by Gasteiger charge is 2.31. The van der Waals surface area contributed by atoms with Gasteiger partial charge >= 0.3 is 0 Å². The highest BCUT2D eigenvalue weighted by Crippen LogP contribution is 2.32. The molecule has 0 saturated carbocycles. The molecule has 0 spiro atoms. The first kappa shape index (κ1) is 22.4. The van der Waals surface area contributed by atoms with Crippen molar-refractivity contribution in [1.82, 2.24) is 20.0 Å². The Kier molecular flexibility index (Phi) is 6.83. The number of piperazine rings is 1. The van der Waals surface area contributed by atoms with Crippen molar-refractivity contribution in [3.63, 3.8) is 0 Å². The Hall–Kier alpha value is -2.81. The molecule has 2 atom stereocenters. The van der Waals surface area contributed by atoms with E-state index < -0.39 is 0 Å².